The molecular weight excluding hydrogens is 446 g/mol. The van der Waals surface area contributed by atoms with Gasteiger partial charge in [0, 0.05) is 61.6 Å². The van der Waals surface area contributed by atoms with E-state index in [4.69, 9.17) is 10.7 Å². The van der Waals surface area contributed by atoms with Crippen LogP contribution in [0.3, 0.4) is 0 Å². The minimum Gasteiger partial charge on any atom is -0.383 e. The monoisotopic (exact) mass is 476 g/mol. The standard InChI is InChI=1S/C24H30F2N4O2S/c1-17-6-7-21-19(14-17)22(28-10-13-33(31,32)12-9-27)15-23(29-21)30-11-8-24(25,26)20-5-3-2-4-18(20)16-30/h2-7,14-15,18,20H,8-13,16,27H2,1H3,(H,28,29). The molecule has 1 aliphatic carbocycles. The third-order valence-electron chi connectivity index (χ3n) is 6.32. The summed E-state index contributed by atoms with van der Waals surface area (Å²) in [6.07, 6.45) is 6.73. The van der Waals surface area contributed by atoms with E-state index in [2.05, 4.69) is 5.32 Å². The largest absolute Gasteiger partial charge is 0.383 e. The summed E-state index contributed by atoms with van der Waals surface area (Å²) in [5.41, 5.74) is 7.92. The van der Waals surface area contributed by atoms with E-state index in [1.807, 2.05) is 48.2 Å². The van der Waals surface area contributed by atoms with Crippen LogP contribution >= 0.6 is 0 Å². The van der Waals surface area contributed by atoms with Gasteiger partial charge in [0.25, 0.3) is 5.92 Å². The van der Waals surface area contributed by atoms with E-state index in [0.717, 1.165) is 22.2 Å². The Bertz CT molecular complexity index is 1180. The highest BCUT2D eigenvalue weighted by Crippen LogP contribution is 2.41. The first-order valence-electron chi connectivity index (χ1n) is 11.2. The zero-order chi connectivity index (χ0) is 23.6. The molecule has 0 bridgehead atoms. The Morgan fingerprint density at radius 1 is 1.21 bits per heavy atom. The number of fused-ring (bicyclic) bond motifs is 2. The Balaban J connectivity index is 1.65. The average molecular weight is 477 g/mol. The number of hydrogen-bond acceptors (Lipinski definition) is 6. The molecule has 4 rings (SSSR count). The maximum Gasteiger partial charge on any atom is 0.256 e. The third kappa shape index (κ3) is 5.35. The summed E-state index contributed by atoms with van der Waals surface area (Å²) < 4.78 is 53.7. The molecule has 2 unspecified atom stereocenters. The number of aromatic nitrogens is 1. The van der Waals surface area contributed by atoms with Gasteiger partial charge >= 0.3 is 0 Å². The average Bonchev–Trinajstić information content (AvgIpc) is 2.90. The molecule has 1 aromatic carbocycles. The third-order valence-corrected chi connectivity index (χ3v) is 8.00. The molecule has 0 spiro atoms. The van der Waals surface area contributed by atoms with Crippen molar-refractivity contribution >= 4 is 32.2 Å². The molecule has 3 N–H and O–H groups in total. The van der Waals surface area contributed by atoms with Gasteiger partial charge in [0.1, 0.15) is 5.82 Å². The van der Waals surface area contributed by atoms with Gasteiger partial charge in [0.2, 0.25) is 0 Å². The molecule has 0 radical (unpaired) electrons. The minimum absolute atomic E-state index is 0.0357. The number of halogens is 2. The number of hydrogen-bond donors (Lipinski definition) is 2. The fraction of sp³-hybridized carbons (Fsp3) is 0.458. The molecule has 0 amide bonds. The van der Waals surface area contributed by atoms with Crippen LogP contribution in [0.1, 0.15) is 12.0 Å². The Morgan fingerprint density at radius 3 is 2.79 bits per heavy atom. The van der Waals surface area contributed by atoms with Crippen LogP contribution in [0.4, 0.5) is 20.3 Å². The molecule has 2 aromatic rings. The van der Waals surface area contributed by atoms with Gasteiger partial charge in [-0.25, -0.2) is 22.2 Å². The number of sulfone groups is 1. The van der Waals surface area contributed by atoms with Crippen molar-refractivity contribution in [1.82, 2.24) is 4.98 Å². The Labute approximate surface area is 193 Å². The summed E-state index contributed by atoms with van der Waals surface area (Å²) in [6.45, 7) is 2.93. The second kappa shape index (κ2) is 9.38. The van der Waals surface area contributed by atoms with Crippen LogP contribution in [-0.4, -0.2) is 57.0 Å². The van der Waals surface area contributed by atoms with Gasteiger partial charge in [-0.2, -0.15) is 0 Å². The first kappa shape index (κ1) is 23.6. The van der Waals surface area contributed by atoms with Crippen LogP contribution in [-0.2, 0) is 9.84 Å². The molecule has 9 heteroatoms. The lowest BCUT2D eigenvalue weighted by atomic mass is 9.83. The summed E-state index contributed by atoms with van der Waals surface area (Å²) in [5, 5.41) is 4.11. The van der Waals surface area contributed by atoms with E-state index in [1.165, 1.54) is 0 Å². The van der Waals surface area contributed by atoms with Gasteiger partial charge < -0.3 is 16.0 Å². The van der Waals surface area contributed by atoms with Gasteiger partial charge in [-0.1, -0.05) is 35.9 Å². The maximum absolute atomic E-state index is 14.8. The van der Waals surface area contributed by atoms with Crippen molar-refractivity contribution in [1.29, 1.82) is 0 Å². The van der Waals surface area contributed by atoms with Crippen LogP contribution in [0.25, 0.3) is 10.9 Å². The number of rotatable bonds is 7. The SMILES string of the molecule is Cc1ccc2nc(N3CCC(F)(F)C4C=CC=CC4C3)cc(NCCS(=O)(=O)CCN)c2c1. The maximum atomic E-state index is 14.8. The molecule has 178 valence electrons. The van der Waals surface area contributed by atoms with E-state index in [9.17, 15) is 17.2 Å². The van der Waals surface area contributed by atoms with Gasteiger partial charge in [0.15, 0.2) is 9.84 Å². The lowest BCUT2D eigenvalue weighted by Gasteiger charge is -2.29. The quantitative estimate of drug-likeness (QED) is 0.636. The molecule has 1 saturated heterocycles. The summed E-state index contributed by atoms with van der Waals surface area (Å²) in [4.78, 5) is 6.69. The molecule has 1 aromatic heterocycles. The first-order chi connectivity index (χ1) is 15.7. The number of alkyl halides is 2. The summed E-state index contributed by atoms with van der Waals surface area (Å²) in [6, 6.07) is 7.70. The molecule has 2 atom stereocenters. The van der Waals surface area contributed by atoms with Crippen LogP contribution in [0.5, 0.6) is 0 Å². The van der Waals surface area contributed by atoms with E-state index in [1.54, 1.807) is 12.2 Å². The van der Waals surface area contributed by atoms with Crippen molar-refractivity contribution in [3.8, 4) is 0 Å². The Hall–Kier alpha value is -2.52. The number of nitrogens with two attached hydrogens (primary N) is 1. The van der Waals surface area contributed by atoms with Crippen molar-refractivity contribution in [2.45, 2.75) is 19.3 Å². The Morgan fingerprint density at radius 2 is 2.00 bits per heavy atom. The number of allylic oxidation sites excluding steroid dienone is 3. The predicted molar refractivity (Wildman–Crippen MR) is 130 cm³/mol. The fourth-order valence-corrected chi connectivity index (χ4v) is 5.52. The number of benzene rings is 1. The molecule has 33 heavy (non-hydrogen) atoms. The zero-order valence-corrected chi connectivity index (χ0v) is 19.5. The smallest absolute Gasteiger partial charge is 0.256 e. The fourth-order valence-electron chi connectivity index (χ4n) is 4.54. The van der Waals surface area contributed by atoms with Crippen molar-refractivity contribution in [2.24, 2.45) is 17.6 Å². The lowest BCUT2D eigenvalue weighted by molar-refractivity contribution is -0.0522. The van der Waals surface area contributed by atoms with Crippen LogP contribution in [0, 0.1) is 18.8 Å². The Kier molecular flexibility index (Phi) is 6.72. The second-order valence-corrected chi connectivity index (χ2v) is 11.1. The molecule has 1 fully saturated rings. The number of pyridine rings is 1. The van der Waals surface area contributed by atoms with Gasteiger partial charge in [-0.15, -0.1) is 0 Å². The summed E-state index contributed by atoms with van der Waals surface area (Å²) >= 11 is 0. The van der Waals surface area contributed by atoms with Crippen LogP contribution < -0.4 is 16.0 Å². The number of nitrogens with one attached hydrogen (secondary N) is 1. The minimum atomic E-state index is -3.24. The molecular formula is C24H30F2N4O2S. The van der Waals surface area contributed by atoms with E-state index in [0.29, 0.717) is 12.4 Å². The van der Waals surface area contributed by atoms with Crippen LogP contribution in [0.2, 0.25) is 0 Å². The van der Waals surface area contributed by atoms with Crippen molar-refractivity contribution in [3.05, 3.63) is 54.1 Å². The van der Waals surface area contributed by atoms with E-state index >= 15 is 0 Å². The highest BCUT2D eigenvalue weighted by Gasteiger charge is 2.45. The second-order valence-electron chi connectivity index (χ2n) is 8.83. The van der Waals surface area contributed by atoms with Crippen molar-refractivity contribution in [3.63, 3.8) is 0 Å². The number of anilines is 2. The highest BCUT2D eigenvalue weighted by atomic mass is 32.2. The normalized spacial score (nSPS) is 22.2. The first-order valence-corrected chi connectivity index (χ1v) is 13.0. The topological polar surface area (TPSA) is 88.3 Å². The van der Waals surface area contributed by atoms with Crippen molar-refractivity contribution < 1.29 is 17.2 Å². The predicted octanol–water partition coefficient (Wildman–Crippen LogP) is 3.53. The van der Waals surface area contributed by atoms with E-state index < -0.39 is 21.7 Å². The molecule has 2 heterocycles. The molecule has 6 nitrogen and oxygen atoms in total. The molecule has 0 saturated carbocycles. The van der Waals surface area contributed by atoms with Crippen LogP contribution in [0.15, 0.2) is 48.6 Å². The molecule has 1 aliphatic heterocycles. The highest BCUT2D eigenvalue weighted by molar-refractivity contribution is 7.91. The van der Waals surface area contributed by atoms with Gasteiger partial charge in [-0.3, -0.25) is 0 Å². The van der Waals surface area contributed by atoms with Gasteiger partial charge in [0.05, 0.1) is 17.0 Å². The lowest BCUT2D eigenvalue weighted by Crippen LogP contribution is -2.33. The zero-order valence-electron chi connectivity index (χ0n) is 18.7. The number of nitrogens with zero attached hydrogens (tertiary/aromatic N) is 2. The van der Waals surface area contributed by atoms with E-state index in [-0.39, 0.29) is 43.5 Å². The number of aryl methyl sites for hydroxylation is 1. The van der Waals surface area contributed by atoms with Crippen molar-refractivity contribution in [2.75, 3.05) is 47.9 Å². The van der Waals surface area contributed by atoms with Gasteiger partial charge in [-0.05, 0) is 19.1 Å². The summed E-state index contributed by atoms with van der Waals surface area (Å²) in [7, 11) is -3.24. The summed E-state index contributed by atoms with van der Waals surface area (Å²) in [5.74, 6) is -3.39. The molecule has 2 aliphatic rings.